The molecule has 102 valence electrons. The number of nitrogens with zero attached hydrogens (tertiary/aromatic N) is 1. The van der Waals surface area contributed by atoms with Gasteiger partial charge in [0.1, 0.15) is 0 Å². The van der Waals surface area contributed by atoms with E-state index < -0.39 is 0 Å². The van der Waals surface area contributed by atoms with Crippen LogP contribution in [0.3, 0.4) is 0 Å². The van der Waals surface area contributed by atoms with Gasteiger partial charge in [-0.15, -0.1) is 0 Å². The van der Waals surface area contributed by atoms with Gasteiger partial charge in [-0.25, -0.2) is 0 Å². The first-order valence-electron chi connectivity index (χ1n) is 6.28. The molecule has 0 aliphatic heterocycles. The first-order valence-corrected chi connectivity index (χ1v) is 7.07. The van der Waals surface area contributed by atoms with Gasteiger partial charge in [-0.1, -0.05) is 28.1 Å². The van der Waals surface area contributed by atoms with Crippen molar-refractivity contribution in [2.45, 2.75) is 13.5 Å². The molecule has 0 aromatic heterocycles. The number of nitrogens with one attached hydrogen (secondary N) is 1. The van der Waals surface area contributed by atoms with Gasteiger partial charge in [0.05, 0.1) is 13.2 Å². The van der Waals surface area contributed by atoms with Crippen LogP contribution in [-0.4, -0.2) is 45.3 Å². The molecule has 0 spiro atoms. The highest BCUT2D eigenvalue weighted by Crippen LogP contribution is 2.17. The number of likely N-dealkylation sites (N-methyl/N-ethyl adjacent to an activating group) is 1. The van der Waals surface area contributed by atoms with Crippen LogP contribution in [0.25, 0.3) is 0 Å². The Labute approximate surface area is 119 Å². The van der Waals surface area contributed by atoms with Crippen LogP contribution in [0, 0.1) is 6.92 Å². The molecule has 0 aliphatic carbocycles. The van der Waals surface area contributed by atoms with Gasteiger partial charge < -0.3 is 15.0 Å². The Morgan fingerprint density at radius 1 is 1.28 bits per heavy atom. The summed E-state index contributed by atoms with van der Waals surface area (Å²) in [5.74, 6) is 0. The van der Waals surface area contributed by atoms with Crippen LogP contribution >= 0.6 is 15.9 Å². The Morgan fingerprint density at radius 2 is 2.06 bits per heavy atom. The standard InChI is InChI=1S/C14H23BrN2O/c1-12-4-5-13(10-14(12)15)11-16-6-8-18-9-7-17(2)3/h4-5,10,16H,6-9,11H2,1-3H3. The lowest BCUT2D eigenvalue weighted by atomic mass is 10.1. The highest BCUT2D eigenvalue weighted by Gasteiger charge is 1.97. The number of hydrogen-bond acceptors (Lipinski definition) is 3. The zero-order chi connectivity index (χ0) is 13.4. The first kappa shape index (κ1) is 15.6. The lowest BCUT2D eigenvalue weighted by Crippen LogP contribution is -2.23. The van der Waals surface area contributed by atoms with E-state index in [1.807, 2.05) is 0 Å². The predicted octanol–water partition coefficient (Wildman–Crippen LogP) is 2.43. The van der Waals surface area contributed by atoms with E-state index >= 15 is 0 Å². The summed E-state index contributed by atoms with van der Waals surface area (Å²) in [5.41, 5.74) is 2.56. The molecule has 4 heteroatoms. The molecule has 0 unspecified atom stereocenters. The van der Waals surface area contributed by atoms with Gasteiger partial charge >= 0.3 is 0 Å². The van der Waals surface area contributed by atoms with E-state index in [0.717, 1.165) is 32.8 Å². The molecule has 0 atom stereocenters. The number of aryl methyl sites for hydroxylation is 1. The Kier molecular flexibility index (Phi) is 7.51. The second-order valence-electron chi connectivity index (χ2n) is 4.68. The molecule has 0 bridgehead atoms. The monoisotopic (exact) mass is 314 g/mol. The number of halogens is 1. The maximum absolute atomic E-state index is 5.51. The smallest absolute Gasteiger partial charge is 0.0593 e. The van der Waals surface area contributed by atoms with Crippen LogP contribution in [0.1, 0.15) is 11.1 Å². The molecule has 0 amide bonds. The van der Waals surface area contributed by atoms with Gasteiger partial charge in [0, 0.05) is 24.1 Å². The zero-order valence-corrected chi connectivity index (χ0v) is 13.1. The molecule has 0 aliphatic rings. The molecule has 0 saturated heterocycles. The molecule has 1 aromatic carbocycles. The molecule has 1 aromatic rings. The average Bonchev–Trinajstić information content (AvgIpc) is 2.32. The van der Waals surface area contributed by atoms with Crippen LogP contribution in [0.5, 0.6) is 0 Å². The minimum absolute atomic E-state index is 0.765. The minimum Gasteiger partial charge on any atom is -0.379 e. The largest absolute Gasteiger partial charge is 0.379 e. The fraction of sp³-hybridized carbons (Fsp3) is 0.571. The van der Waals surface area contributed by atoms with Gasteiger partial charge in [0.15, 0.2) is 0 Å². The van der Waals surface area contributed by atoms with Crippen LogP contribution in [0.4, 0.5) is 0 Å². The molecular weight excluding hydrogens is 292 g/mol. The Hall–Kier alpha value is -0.420. The SMILES string of the molecule is Cc1ccc(CNCCOCCN(C)C)cc1Br. The predicted molar refractivity (Wildman–Crippen MR) is 80.0 cm³/mol. The molecule has 1 rings (SSSR count). The fourth-order valence-corrected chi connectivity index (χ4v) is 1.90. The quantitative estimate of drug-likeness (QED) is 0.746. The molecule has 1 N–H and O–H groups in total. The third-order valence-corrected chi connectivity index (χ3v) is 3.53. The second-order valence-corrected chi connectivity index (χ2v) is 5.53. The van der Waals surface area contributed by atoms with E-state index in [1.165, 1.54) is 15.6 Å². The number of rotatable bonds is 8. The van der Waals surface area contributed by atoms with Gasteiger partial charge in [0.2, 0.25) is 0 Å². The summed E-state index contributed by atoms with van der Waals surface area (Å²) in [6, 6.07) is 6.45. The molecule has 18 heavy (non-hydrogen) atoms. The lowest BCUT2D eigenvalue weighted by molar-refractivity contribution is 0.119. The summed E-state index contributed by atoms with van der Waals surface area (Å²) in [5, 5.41) is 3.38. The van der Waals surface area contributed by atoms with E-state index in [2.05, 4.69) is 65.4 Å². The third-order valence-electron chi connectivity index (χ3n) is 2.67. The first-order chi connectivity index (χ1) is 8.59. The van der Waals surface area contributed by atoms with Crippen LogP contribution in [0.2, 0.25) is 0 Å². The fourth-order valence-electron chi connectivity index (χ4n) is 1.47. The van der Waals surface area contributed by atoms with Crippen LogP contribution in [-0.2, 0) is 11.3 Å². The second kappa shape index (κ2) is 8.64. The minimum atomic E-state index is 0.765. The average molecular weight is 315 g/mol. The van der Waals surface area contributed by atoms with Crippen molar-refractivity contribution in [1.82, 2.24) is 10.2 Å². The van der Waals surface area contributed by atoms with Crippen molar-refractivity contribution in [3.63, 3.8) is 0 Å². The van der Waals surface area contributed by atoms with E-state index in [9.17, 15) is 0 Å². The highest BCUT2D eigenvalue weighted by atomic mass is 79.9. The maximum atomic E-state index is 5.51. The van der Waals surface area contributed by atoms with Crippen molar-refractivity contribution in [2.75, 3.05) is 40.4 Å². The summed E-state index contributed by atoms with van der Waals surface area (Å²) in [6.07, 6.45) is 0. The summed E-state index contributed by atoms with van der Waals surface area (Å²) >= 11 is 3.55. The van der Waals surface area contributed by atoms with Crippen molar-refractivity contribution >= 4 is 15.9 Å². The summed E-state index contributed by atoms with van der Waals surface area (Å²) in [6.45, 7) is 6.41. The number of benzene rings is 1. The van der Waals surface area contributed by atoms with Crippen LogP contribution < -0.4 is 5.32 Å². The molecule has 0 heterocycles. The molecule has 0 radical (unpaired) electrons. The summed E-state index contributed by atoms with van der Waals surface area (Å²) in [7, 11) is 4.10. The highest BCUT2D eigenvalue weighted by molar-refractivity contribution is 9.10. The van der Waals surface area contributed by atoms with Crippen molar-refractivity contribution in [1.29, 1.82) is 0 Å². The van der Waals surface area contributed by atoms with E-state index in [0.29, 0.717) is 0 Å². The topological polar surface area (TPSA) is 24.5 Å². The maximum Gasteiger partial charge on any atom is 0.0593 e. The Morgan fingerprint density at radius 3 is 2.72 bits per heavy atom. The summed E-state index contributed by atoms with van der Waals surface area (Å²) in [4.78, 5) is 2.12. The van der Waals surface area contributed by atoms with Gasteiger partial charge in [0.25, 0.3) is 0 Å². The number of hydrogen-bond donors (Lipinski definition) is 1. The van der Waals surface area contributed by atoms with Crippen molar-refractivity contribution < 1.29 is 4.74 Å². The van der Waals surface area contributed by atoms with E-state index in [1.54, 1.807) is 0 Å². The van der Waals surface area contributed by atoms with Crippen molar-refractivity contribution in [3.05, 3.63) is 33.8 Å². The van der Waals surface area contributed by atoms with Gasteiger partial charge in [-0.05, 0) is 38.2 Å². The van der Waals surface area contributed by atoms with Crippen molar-refractivity contribution in [3.8, 4) is 0 Å². The molecule has 0 fully saturated rings. The molecular formula is C14H23BrN2O. The third kappa shape index (κ3) is 6.50. The lowest BCUT2D eigenvalue weighted by Gasteiger charge is -2.10. The number of ether oxygens (including phenoxy) is 1. The summed E-state index contributed by atoms with van der Waals surface area (Å²) < 4.78 is 6.68. The van der Waals surface area contributed by atoms with E-state index in [4.69, 9.17) is 4.74 Å². The normalized spacial score (nSPS) is 11.2. The molecule has 3 nitrogen and oxygen atoms in total. The van der Waals surface area contributed by atoms with Crippen molar-refractivity contribution in [2.24, 2.45) is 0 Å². The van der Waals surface area contributed by atoms with E-state index in [-0.39, 0.29) is 0 Å². The van der Waals surface area contributed by atoms with Gasteiger partial charge in [-0.2, -0.15) is 0 Å². The van der Waals surface area contributed by atoms with Crippen LogP contribution in [0.15, 0.2) is 22.7 Å². The van der Waals surface area contributed by atoms with Gasteiger partial charge in [-0.3, -0.25) is 0 Å². The zero-order valence-electron chi connectivity index (χ0n) is 11.5. The Bertz CT molecular complexity index is 356. The molecule has 0 saturated carbocycles. The Balaban J connectivity index is 2.09.